The molecule has 0 aromatic heterocycles. The predicted octanol–water partition coefficient (Wildman–Crippen LogP) is 7.69. The van der Waals surface area contributed by atoms with Crippen molar-refractivity contribution in [2.45, 2.75) is 33.9 Å². The predicted molar refractivity (Wildman–Crippen MR) is 147 cm³/mol. The molecular formula is C28H22ClN3O4S. The van der Waals surface area contributed by atoms with Gasteiger partial charge in [0.2, 0.25) is 0 Å². The number of nitro benzene ring substituents is 2. The van der Waals surface area contributed by atoms with Gasteiger partial charge in [0.1, 0.15) is 0 Å². The van der Waals surface area contributed by atoms with Crippen molar-refractivity contribution in [3.8, 4) is 0 Å². The first-order valence-corrected chi connectivity index (χ1v) is 13.3. The number of nitro groups is 2. The highest BCUT2D eigenvalue weighted by atomic mass is 35.5. The molecule has 1 N–H and O–H groups in total. The lowest BCUT2D eigenvalue weighted by Crippen LogP contribution is -2.31. The summed E-state index contributed by atoms with van der Waals surface area (Å²) in [4.78, 5) is 22.7. The minimum Gasteiger partial charge on any atom is -0.378 e. The molecule has 5 atom stereocenters. The molecule has 4 aromatic rings. The van der Waals surface area contributed by atoms with Crippen molar-refractivity contribution in [1.29, 1.82) is 0 Å². The van der Waals surface area contributed by atoms with Crippen molar-refractivity contribution in [3.05, 3.63) is 116 Å². The van der Waals surface area contributed by atoms with Crippen molar-refractivity contribution in [1.82, 2.24) is 0 Å². The Morgan fingerprint density at radius 2 is 1.59 bits per heavy atom. The molecule has 0 bridgehead atoms. The quantitative estimate of drug-likeness (QED) is 0.161. The molecule has 9 heteroatoms. The van der Waals surface area contributed by atoms with Gasteiger partial charge in [0.15, 0.2) is 0 Å². The van der Waals surface area contributed by atoms with Crippen LogP contribution in [0.3, 0.4) is 0 Å². The number of nitrogens with zero attached hydrogens (tertiary/aromatic N) is 2. The van der Waals surface area contributed by atoms with E-state index in [0.29, 0.717) is 4.90 Å². The molecule has 1 fully saturated rings. The van der Waals surface area contributed by atoms with Crippen LogP contribution in [0.1, 0.15) is 29.5 Å². The van der Waals surface area contributed by atoms with E-state index in [1.54, 1.807) is 12.1 Å². The van der Waals surface area contributed by atoms with Gasteiger partial charge in [0.25, 0.3) is 11.4 Å². The van der Waals surface area contributed by atoms with Gasteiger partial charge in [0.05, 0.1) is 26.2 Å². The fraction of sp³-hybridized carbons (Fsp3) is 0.214. The van der Waals surface area contributed by atoms with Crippen molar-refractivity contribution in [2.24, 2.45) is 5.92 Å². The lowest BCUT2D eigenvalue weighted by Gasteiger charge is -2.39. The highest BCUT2D eigenvalue weighted by Crippen LogP contribution is 2.59. The highest BCUT2D eigenvalue weighted by Gasteiger charge is 2.51. The fourth-order valence-corrected chi connectivity index (χ4v) is 7.84. The van der Waals surface area contributed by atoms with Crippen LogP contribution in [-0.2, 0) is 0 Å². The van der Waals surface area contributed by atoms with Crippen molar-refractivity contribution in [3.63, 3.8) is 0 Å². The van der Waals surface area contributed by atoms with Gasteiger partial charge < -0.3 is 5.32 Å². The van der Waals surface area contributed by atoms with Crippen LogP contribution in [0.2, 0.25) is 0 Å². The van der Waals surface area contributed by atoms with Crippen LogP contribution in [0.15, 0.2) is 89.8 Å². The number of halogens is 1. The van der Waals surface area contributed by atoms with Gasteiger partial charge in [0, 0.05) is 35.1 Å². The Morgan fingerprint density at radius 1 is 0.865 bits per heavy atom. The summed E-state index contributed by atoms with van der Waals surface area (Å²) in [6.45, 7) is 0. The van der Waals surface area contributed by atoms with Crippen molar-refractivity contribution < 1.29 is 9.85 Å². The Kier molecular flexibility index (Phi) is 6.01. The third-order valence-corrected chi connectivity index (χ3v) is 9.62. The molecule has 1 aliphatic heterocycles. The van der Waals surface area contributed by atoms with Crippen molar-refractivity contribution in [2.75, 3.05) is 5.32 Å². The number of nitrogens with one attached hydrogen (secondary N) is 1. The molecule has 4 aromatic carbocycles. The first kappa shape index (κ1) is 23.8. The summed E-state index contributed by atoms with van der Waals surface area (Å²) in [5.74, 6) is 0.104. The van der Waals surface area contributed by atoms with E-state index in [0.717, 1.165) is 28.4 Å². The van der Waals surface area contributed by atoms with E-state index in [1.807, 2.05) is 30.3 Å². The minimum absolute atomic E-state index is 0.00415. The van der Waals surface area contributed by atoms with E-state index in [2.05, 4.69) is 29.6 Å². The molecule has 2 aliphatic rings. The lowest BCUT2D eigenvalue weighted by atomic mass is 9.75. The van der Waals surface area contributed by atoms with Crippen LogP contribution >= 0.6 is 23.4 Å². The Balaban J connectivity index is 1.44. The summed E-state index contributed by atoms with van der Waals surface area (Å²) in [6, 6.07) is 25.8. The maximum Gasteiger partial charge on any atom is 0.282 e. The Labute approximate surface area is 222 Å². The van der Waals surface area contributed by atoms with Gasteiger partial charge in [-0.25, -0.2) is 0 Å². The van der Waals surface area contributed by atoms with E-state index in [1.165, 1.54) is 35.5 Å². The number of fused-ring (bicyclic) bond motifs is 5. The maximum absolute atomic E-state index is 11.7. The standard InChI is InChI=1S/C28H22ClN3O4S/c29-27-24(37-23-8-4-3-7-22(23)32(35)36)15-20-26(27)25-19-6-2-1-5-16(19)11-14-21(25)30-28(20)17-9-12-18(13-10-17)31(33)34/h1-14,20,24,26-28,30H,15H2/t20-,24-,26-,27-,28+/m1/s1. The third kappa shape index (κ3) is 4.10. The summed E-state index contributed by atoms with van der Waals surface area (Å²) in [7, 11) is 0. The number of anilines is 1. The number of alkyl halides is 1. The van der Waals surface area contributed by atoms with Crippen LogP contribution in [0.4, 0.5) is 17.1 Å². The van der Waals surface area contributed by atoms with E-state index in [4.69, 9.17) is 11.6 Å². The monoisotopic (exact) mass is 531 g/mol. The molecule has 0 spiro atoms. The van der Waals surface area contributed by atoms with Crippen LogP contribution < -0.4 is 5.32 Å². The van der Waals surface area contributed by atoms with Gasteiger partial charge >= 0.3 is 0 Å². The van der Waals surface area contributed by atoms with Gasteiger partial charge in [-0.05, 0) is 46.4 Å². The van der Waals surface area contributed by atoms with Crippen LogP contribution in [0.5, 0.6) is 0 Å². The molecule has 186 valence electrons. The summed E-state index contributed by atoms with van der Waals surface area (Å²) < 4.78 is 0. The summed E-state index contributed by atoms with van der Waals surface area (Å²) >= 11 is 8.75. The molecule has 0 amide bonds. The Hall–Kier alpha value is -3.62. The number of rotatable bonds is 5. The topological polar surface area (TPSA) is 98.3 Å². The van der Waals surface area contributed by atoms with Gasteiger partial charge in [-0.15, -0.1) is 23.4 Å². The zero-order chi connectivity index (χ0) is 25.7. The summed E-state index contributed by atoms with van der Waals surface area (Å²) in [5.41, 5.74) is 3.27. The molecule has 0 radical (unpaired) electrons. The average molecular weight is 532 g/mol. The molecule has 6 rings (SSSR count). The van der Waals surface area contributed by atoms with Gasteiger partial charge in [-0.3, -0.25) is 20.2 Å². The van der Waals surface area contributed by atoms with Gasteiger partial charge in [-0.2, -0.15) is 0 Å². The zero-order valence-electron chi connectivity index (χ0n) is 19.5. The third-order valence-electron chi connectivity index (χ3n) is 7.51. The first-order chi connectivity index (χ1) is 17.9. The molecule has 1 aliphatic carbocycles. The summed E-state index contributed by atoms with van der Waals surface area (Å²) in [5, 5.41) is 28.5. The summed E-state index contributed by atoms with van der Waals surface area (Å²) in [6.07, 6.45) is 0.743. The number of non-ortho nitro benzene ring substituents is 1. The maximum atomic E-state index is 11.7. The molecule has 1 saturated carbocycles. The SMILES string of the molecule is O=[N+]([O-])c1ccc([C@@H]2Nc3ccc4ccccc4c3[C@@H]3[C@H](Cl)[C@H](Sc4ccccc4[N+](=O)[O-])C[C@H]32)cc1. The lowest BCUT2D eigenvalue weighted by molar-refractivity contribution is -0.387. The number of thioether (sulfide) groups is 1. The molecule has 0 saturated heterocycles. The number of para-hydroxylation sites is 1. The fourth-order valence-electron chi connectivity index (χ4n) is 5.90. The Morgan fingerprint density at radius 3 is 2.35 bits per heavy atom. The number of hydrogen-bond acceptors (Lipinski definition) is 6. The average Bonchev–Trinajstić information content (AvgIpc) is 3.23. The second-order valence-corrected chi connectivity index (χ2v) is 11.3. The molecule has 7 nitrogen and oxygen atoms in total. The molecule has 1 heterocycles. The van der Waals surface area contributed by atoms with Crippen LogP contribution in [0.25, 0.3) is 10.8 Å². The molecule has 0 unspecified atom stereocenters. The molecule has 37 heavy (non-hydrogen) atoms. The van der Waals surface area contributed by atoms with E-state index >= 15 is 0 Å². The highest BCUT2D eigenvalue weighted by molar-refractivity contribution is 8.00. The smallest absolute Gasteiger partial charge is 0.282 e. The normalized spacial score (nSPS) is 24.2. The van der Waals surface area contributed by atoms with Crippen LogP contribution in [0, 0.1) is 26.1 Å². The van der Waals surface area contributed by atoms with E-state index in [-0.39, 0.29) is 44.8 Å². The second kappa shape index (κ2) is 9.36. The molecular weight excluding hydrogens is 510 g/mol. The van der Waals surface area contributed by atoms with E-state index in [9.17, 15) is 20.2 Å². The van der Waals surface area contributed by atoms with E-state index < -0.39 is 4.92 Å². The van der Waals surface area contributed by atoms with Gasteiger partial charge in [-0.1, -0.05) is 54.6 Å². The minimum atomic E-state index is -0.397. The van der Waals surface area contributed by atoms with Crippen LogP contribution in [-0.4, -0.2) is 20.5 Å². The zero-order valence-corrected chi connectivity index (χ0v) is 21.1. The number of benzene rings is 4. The largest absolute Gasteiger partial charge is 0.378 e. The van der Waals surface area contributed by atoms with Crippen molar-refractivity contribution >= 4 is 51.2 Å². The first-order valence-electron chi connectivity index (χ1n) is 12.0. The number of hydrogen-bond donors (Lipinski definition) is 1. The Bertz CT molecular complexity index is 1530. The second-order valence-electron chi connectivity index (χ2n) is 9.47.